The van der Waals surface area contributed by atoms with Gasteiger partial charge in [0.2, 0.25) is 0 Å². The van der Waals surface area contributed by atoms with E-state index in [-0.39, 0.29) is 26.1 Å². The number of phosphoric acid groups is 1. The van der Waals surface area contributed by atoms with Gasteiger partial charge >= 0.3 is 11.9 Å². The molecule has 0 amide bonds. The van der Waals surface area contributed by atoms with Gasteiger partial charge in [-0.1, -0.05) is 113 Å². The average molecular weight is 752 g/mol. The van der Waals surface area contributed by atoms with Crippen molar-refractivity contribution < 1.29 is 42.1 Å². The molecule has 52 heavy (non-hydrogen) atoms. The number of unbranched alkanes of at least 4 members (excludes halogenated alkanes) is 11. The van der Waals surface area contributed by atoms with Gasteiger partial charge in [0.1, 0.15) is 19.8 Å². The maximum Gasteiger partial charge on any atom is 0.306 e. The van der Waals surface area contributed by atoms with Crippen LogP contribution in [0.3, 0.4) is 0 Å². The van der Waals surface area contributed by atoms with E-state index in [1.807, 2.05) is 21.1 Å². The van der Waals surface area contributed by atoms with E-state index in [9.17, 15) is 19.0 Å². The summed E-state index contributed by atoms with van der Waals surface area (Å²) < 4.78 is 33.7. The molecule has 9 nitrogen and oxygen atoms in total. The van der Waals surface area contributed by atoms with Crippen molar-refractivity contribution in [2.75, 3.05) is 47.5 Å². The number of ether oxygens (including phenoxy) is 2. The summed E-state index contributed by atoms with van der Waals surface area (Å²) in [6, 6.07) is 0. The van der Waals surface area contributed by atoms with Gasteiger partial charge < -0.3 is 27.9 Å². The highest BCUT2D eigenvalue weighted by molar-refractivity contribution is 7.45. The van der Waals surface area contributed by atoms with Crippen molar-refractivity contribution in [3.8, 4) is 0 Å². The minimum Gasteiger partial charge on any atom is -0.756 e. The molecule has 0 saturated carbocycles. The number of likely N-dealkylation sites (N-methyl/N-ethyl adjacent to an activating group) is 1. The Morgan fingerprint density at radius 2 is 1.10 bits per heavy atom. The first kappa shape index (κ1) is 49.7. The molecule has 0 saturated heterocycles. The topological polar surface area (TPSA) is 111 Å². The van der Waals surface area contributed by atoms with E-state index in [4.69, 9.17) is 18.5 Å². The van der Waals surface area contributed by atoms with Crippen LogP contribution in [-0.2, 0) is 32.7 Å². The van der Waals surface area contributed by atoms with Crippen LogP contribution >= 0.6 is 7.82 Å². The number of hydrogen-bond donors (Lipinski definition) is 0. The molecule has 0 aliphatic heterocycles. The van der Waals surface area contributed by atoms with Crippen LogP contribution in [0.25, 0.3) is 0 Å². The molecule has 0 aliphatic carbocycles. The lowest BCUT2D eigenvalue weighted by Gasteiger charge is -2.28. The summed E-state index contributed by atoms with van der Waals surface area (Å²) in [5.41, 5.74) is 0. The van der Waals surface area contributed by atoms with E-state index in [1.165, 1.54) is 25.7 Å². The normalized spacial score (nSPS) is 14.3. The van der Waals surface area contributed by atoms with Crippen molar-refractivity contribution in [1.82, 2.24) is 0 Å². The second-order valence-electron chi connectivity index (χ2n) is 14.3. The van der Waals surface area contributed by atoms with Crippen LogP contribution in [0.4, 0.5) is 0 Å². The fourth-order valence-corrected chi connectivity index (χ4v) is 5.60. The Kier molecular flexibility index (Phi) is 33.0. The van der Waals surface area contributed by atoms with Gasteiger partial charge in [0.25, 0.3) is 7.82 Å². The molecule has 0 heterocycles. The first-order valence-electron chi connectivity index (χ1n) is 20.0. The van der Waals surface area contributed by atoms with Crippen molar-refractivity contribution in [3.05, 3.63) is 60.8 Å². The smallest absolute Gasteiger partial charge is 0.306 e. The first-order valence-corrected chi connectivity index (χ1v) is 21.5. The molecular weight excluding hydrogens is 677 g/mol. The number of carbonyl (C=O) groups excluding carboxylic acids is 2. The van der Waals surface area contributed by atoms with Crippen LogP contribution in [0, 0.1) is 0 Å². The maximum absolute atomic E-state index is 12.6. The monoisotopic (exact) mass is 752 g/mol. The first-order chi connectivity index (χ1) is 25.0. The third-order valence-corrected chi connectivity index (χ3v) is 8.99. The zero-order valence-corrected chi connectivity index (χ0v) is 34.4. The lowest BCUT2D eigenvalue weighted by atomic mass is 10.1. The molecule has 0 aliphatic rings. The molecule has 0 rings (SSSR count). The molecule has 0 spiro atoms. The van der Waals surface area contributed by atoms with Crippen LogP contribution in [0.15, 0.2) is 60.8 Å². The number of hydrogen-bond acceptors (Lipinski definition) is 8. The second-order valence-corrected chi connectivity index (χ2v) is 15.7. The van der Waals surface area contributed by atoms with Crippen LogP contribution in [0.2, 0.25) is 0 Å². The Bertz CT molecular complexity index is 1080. The van der Waals surface area contributed by atoms with Gasteiger partial charge in [0.15, 0.2) is 6.10 Å². The van der Waals surface area contributed by atoms with E-state index in [2.05, 4.69) is 74.6 Å². The molecule has 0 aromatic carbocycles. The number of quaternary nitrogens is 1. The molecule has 0 bridgehead atoms. The van der Waals surface area contributed by atoms with Gasteiger partial charge in [-0.25, -0.2) is 0 Å². The second kappa shape index (κ2) is 34.5. The summed E-state index contributed by atoms with van der Waals surface area (Å²) >= 11 is 0. The number of rotatable bonds is 35. The molecule has 0 radical (unpaired) electrons. The number of allylic oxidation sites excluding steroid dienone is 10. The molecule has 1 unspecified atom stereocenters. The number of phosphoric ester groups is 1. The van der Waals surface area contributed by atoms with Gasteiger partial charge in [-0.05, 0) is 77.0 Å². The summed E-state index contributed by atoms with van der Waals surface area (Å²) in [6.07, 6.45) is 39.6. The van der Waals surface area contributed by atoms with Crippen molar-refractivity contribution >= 4 is 19.8 Å². The lowest BCUT2D eigenvalue weighted by molar-refractivity contribution is -0.870. The predicted octanol–water partition coefficient (Wildman–Crippen LogP) is 10.3. The van der Waals surface area contributed by atoms with E-state index in [0.29, 0.717) is 23.9 Å². The summed E-state index contributed by atoms with van der Waals surface area (Å²) in [4.78, 5) is 37.4. The van der Waals surface area contributed by atoms with Gasteiger partial charge in [0, 0.05) is 12.8 Å². The largest absolute Gasteiger partial charge is 0.756 e. The SMILES string of the molecule is CC/C=C\C/C=C\C/C=C\C/C=C\CCCCC(=O)OC[C@H](COP(=O)([O-])OCC[N+](C)(C)C)OC(=O)CCCCCCC/C=C\CCCCCC. The quantitative estimate of drug-likeness (QED) is 0.0207. The number of esters is 2. The van der Waals surface area contributed by atoms with E-state index in [0.717, 1.165) is 77.0 Å². The molecular formula is C42H74NO8P. The average Bonchev–Trinajstić information content (AvgIpc) is 3.09. The minimum absolute atomic E-state index is 0.0417. The summed E-state index contributed by atoms with van der Waals surface area (Å²) in [5.74, 6) is -0.901. The van der Waals surface area contributed by atoms with Crippen LogP contribution < -0.4 is 4.89 Å². The third kappa shape index (κ3) is 37.5. The lowest BCUT2D eigenvalue weighted by Crippen LogP contribution is -2.37. The fourth-order valence-electron chi connectivity index (χ4n) is 4.87. The molecule has 10 heteroatoms. The van der Waals surface area contributed by atoms with E-state index in [1.54, 1.807) is 0 Å². The standard InChI is InChI=1S/C42H74NO8P/c1-6-8-10-12-14-16-18-20-21-23-24-26-28-30-32-34-41(44)48-38-40(39-50-52(46,47)49-37-36-43(3,4)5)51-42(45)35-33-31-29-27-25-22-19-17-15-13-11-9-7-2/h8,10,14,16-17,19-21,24,26,40H,6-7,9,11-13,15,18,22-23,25,27-39H2,1-5H3/b10-8-,16-14-,19-17-,21-20-,26-24-/t40-/m1/s1. The zero-order chi connectivity index (χ0) is 38.6. The Morgan fingerprint density at radius 3 is 1.69 bits per heavy atom. The molecule has 0 aromatic heterocycles. The summed E-state index contributed by atoms with van der Waals surface area (Å²) in [7, 11) is 1.13. The zero-order valence-electron chi connectivity index (χ0n) is 33.5. The summed E-state index contributed by atoms with van der Waals surface area (Å²) in [5, 5.41) is 0. The molecule has 0 fully saturated rings. The van der Waals surface area contributed by atoms with Crippen molar-refractivity contribution in [3.63, 3.8) is 0 Å². The number of nitrogens with zero attached hydrogens (tertiary/aromatic N) is 1. The van der Waals surface area contributed by atoms with Crippen molar-refractivity contribution in [2.24, 2.45) is 0 Å². The van der Waals surface area contributed by atoms with Gasteiger partial charge in [-0.3, -0.25) is 14.2 Å². The minimum atomic E-state index is -4.63. The molecule has 0 aromatic rings. The number of carbonyl (C=O) groups is 2. The Morgan fingerprint density at radius 1 is 0.615 bits per heavy atom. The van der Waals surface area contributed by atoms with Crippen LogP contribution in [0.5, 0.6) is 0 Å². The van der Waals surface area contributed by atoms with Crippen molar-refractivity contribution in [1.29, 1.82) is 0 Å². The maximum atomic E-state index is 12.6. The van der Waals surface area contributed by atoms with Crippen LogP contribution in [0.1, 0.15) is 142 Å². The van der Waals surface area contributed by atoms with Crippen LogP contribution in [-0.4, -0.2) is 70.0 Å². The summed E-state index contributed by atoms with van der Waals surface area (Å²) in [6.45, 7) is 4.01. The molecule has 2 atom stereocenters. The molecule has 300 valence electrons. The van der Waals surface area contributed by atoms with Gasteiger partial charge in [-0.15, -0.1) is 0 Å². The van der Waals surface area contributed by atoms with E-state index >= 15 is 0 Å². The molecule has 0 N–H and O–H groups in total. The van der Waals surface area contributed by atoms with Gasteiger partial charge in [-0.2, -0.15) is 0 Å². The van der Waals surface area contributed by atoms with E-state index < -0.39 is 32.5 Å². The Labute approximate surface area is 317 Å². The highest BCUT2D eigenvalue weighted by Crippen LogP contribution is 2.38. The third-order valence-electron chi connectivity index (χ3n) is 8.02. The Hall–Kier alpha value is -2.29. The highest BCUT2D eigenvalue weighted by Gasteiger charge is 2.21. The van der Waals surface area contributed by atoms with Gasteiger partial charge in [0.05, 0.1) is 27.7 Å². The van der Waals surface area contributed by atoms with Crippen molar-refractivity contribution in [2.45, 2.75) is 148 Å². The Balaban J connectivity index is 4.51. The predicted molar refractivity (Wildman–Crippen MR) is 213 cm³/mol. The fraction of sp³-hybridized carbons (Fsp3) is 0.714. The highest BCUT2D eigenvalue weighted by atomic mass is 31.2.